The molecular formula is C21H24BrNO3. The van der Waals surface area contributed by atoms with E-state index in [4.69, 9.17) is 4.74 Å². The summed E-state index contributed by atoms with van der Waals surface area (Å²) in [4.78, 5) is 27.7. The summed E-state index contributed by atoms with van der Waals surface area (Å²) < 4.78 is 6.82. The normalized spacial score (nSPS) is 16.5. The van der Waals surface area contributed by atoms with Gasteiger partial charge in [-0.15, -0.1) is 0 Å². The number of ether oxygens (including phenoxy) is 1. The summed E-state index contributed by atoms with van der Waals surface area (Å²) in [6, 6.07) is 5.73. The van der Waals surface area contributed by atoms with Gasteiger partial charge in [0.1, 0.15) is 5.75 Å². The molecule has 0 bridgehead atoms. The van der Waals surface area contributed by atoms with E-state index in [2.05, 4.69) is 27.8 Å². The number of carbonyl (C=O) groups is 1. The molecule has 1 aliphatic rings. The van der Waals surface area contributed by atoms with Gasteiger partial charge in [-0.2, -0.15) is 0 Å². The number of Topliss-reactive ketones (excluding diaryl/α,β-unsaturated/α-hetero) is 1. The molecule has 1 N–H and O–H groups in total. The van der Waals surface area contributed by atoms with Crippen molar-refractivity contribution >= 4 is 21.7 Å². The molecule has 26 heavy (non-hydrogen) atoms. The molecule has 1 aromatic carbocycles. The largest absolute Gasteiger partial charge is 0.489 e. The number of carbonyl (C=O) groups excluding carboxylic acids is 1. The summed E-state index contributed by atoms with van der Waals surface area (Å²) in [5, 5.41) is 0. The summed E-state index contributed by atoms with van der Waals surface area (Å²) >= 11 is 3.56. The quantitative estimate of drug-likeness (QED) is 0.734. The van der Waals surface area contributed by atoms with Crippen LogP contribution in [0.1, 0.15) is 58.9 Å². The molecule has 0 fully saturated rings. The molecule has 138 valence electrons. The average molecular weight is 418 g/mol. The molecule has 4 nitrogen and oxygen atoms in total. The van der Waals surface area contributed by atoms with Gasteiger partial charge in [0.15, 0.2) is 5.78 Å². The number of hydrogen-bond acceptors (Lipinski definition) is 3. The molecule has 3 rings (SSSR count). The van der Waals surface area contributed by atoms with Crippen molar-refractivity contribution in [3.05, 3.63) is 61.0 Å². The standard InChI is InChI=1S/C21H24BrNO3/c1-12-9-13(2)23-21(25)17(12)7-8-19(24)16-10-15-6-4-5-14(3)26-20(15)18(22)11-16/h9-11,14H,4-8H2,1-3H3,(H,23,25). The van der Waals surface area contributed by atoms with Crippen LogP contribution < -0.4 is 10.3 Å². The fourth-order valence-electron chi connectivity index (χ4n) is 3.54. The molecule has 0 aliphatic carbocycles. The van der Waals surface area contributed by atoms with Crippen LogP contribution in [0.3, 0.4) is 0 Å². The lowest BCUT2D eigenvalue weighted by molar-refractivity contribution is 0.0982. The molecule has 5 heteroatoms. The number of halogens is 1. The van der Waals surface area contributed by atoms with Crippen molar-refractivity contribution in [2.24, 2.45) is 0 Å². The van der Waals surface area contributed by atoms with E-state index in [1.165, 1.54) is 0 Å². The minimum Gasteiger partial charge on any atom is -0.489 e. The average Bonchev–Trinajstić information content (AvgIpc) is 2.75. The van der Waals surface area contributed by atoms with E-state index in [0.29, 0.717) is 24.0 Å². The molecule has 1 aromatic heterocycles. The second-order valence-electron chi connectivity index (χ2n) is 7.13. The highest BCUT2D eigenvalue weighted by molar-refractivity contribution is 9.10. The molecule has 0 amide bonds. The first kappa shape index (κ1) is 18.9. The fraction of sp³-hybridized carbons (Fsp3) is 0.429. The van der Waals surface area contributed by atoms with Crippen molar-refractivity contribution < 1.29 is 9.53 Å². The van der Waals surface area contributed by atoms with Crippen LogP contribution >= 0.6 is 15.9 Å². The molecule has 0 spiro atoms. The Hall–Kier alpha value is -1.88. The van der Waals surface area contributed by atoms with Gasteiger partial charge in [-0.25, -0.2) is 0 Å². The van der Waals surface area contributed by atoms with Crippen LogP contribution in [0.2, 0.25) is 0 Å². The Morgan fingerprint density at radius 3 is 2.81 bits per heavy atom. The van der Waals surface area contributed by atoms with Crippen LogP contribution in [0.15, 0.2) is 27.5 Å². The third-order valence-electron chi connectivity index (χ3n) is 4.91. The molecule has 0 saturated carbocycles. The molecule has 2 aromatic rings. The molecule has 1 atom stereocenters. The Morgan fingerprint density at radius 1 is 1.31 bits per heavy atom. The fourth-order valence-corrected chi connectivity index (χ4v) is 4.14. The van der Waals surface area contributed by atoms with Gasteiger partial charge in [0.25, 0.3) is 5.56 Å². The van der Waals surface area contributed by atoms with Gasteiger partial charge in [0.2, 0.25) is 0 Å². The zero-order chi connectivity index (χ0) is 18.8. The van der Waals surface area contributed by atoms with Crippen molar-refractivity contribution in [1.29, 1.82) is 0 Å². The van der Waals surface area contributed by atoms with Crippen LogP contribution in [0, 0.1) is 13.8 Å². The topological polar surface area (TPSA) is 59.2 Å². The Morgan fingerprint density at radius 2 is 2.08 bits per heavy atom. The number of ketones is 1. The number of aromatic amines is 1. The second-order valence-corrected chi connectivity index (χ2v) is 7.99. The number of aromatic nitrogens is 1. The number of nitrogens with one attached hydrogen (secondary N) is 1. The van der Waals surface area contributed by atoms with Gasteiger partial charge in [-0.3, -0.25) is 9.59 Å². The number of H-pyrrole nitrogens is 1. The van der Waals surface area contributed by atoms with Crippen molar-refractivity contribution in [2.75, 3.05) is 0 Å². The van der Waals surface area contributed by atoms with E-state index in [0.717, 1.165) is 46.3 Å². The smallest absolute Gasteiger partial charge is 0.251 e. The minimum absolute atomic E-state index is 0.0465. The van der Waals surface area contributed by atoms with E-state index in [-0.39, 0.29) is 17.4 Å². The lowest BCUT2D eigenvalue weighted by Crippen LogP contribution is -2.17. The van der Waals surface area contributed by atoms with Gasteiger partial charge >= 0.3 is 0 Å². The maximum absolute atomic E-state index is 12.7. The van der Waals surface area contributed by atoms with E-state index in [1.54, 1.807) is 0 Å². The molecular weight excluding hydrogens is 394 g/mol. The zero-order valence-corrected chi connectivity index (χ0v) is 17.0. The molecule has 1 aliphatic heterocycles. The molecule has 0 radical (unpaired) electrons. The summed E-state index contributed by atoms with van der Waals surface area (Å²) in [6.07, 6.45) is 3.93. The Bertz CT molecular complexity index is 901. The van der Waals surface area contributed by atoms with E-state index >= 15 is 0 Å². The van der Waals surface area contributed by atoms with Crippen LogP contribution in [-0.2, 0) is 12.8 Å². The van der Waals surface area contributed by atoms with Crippen molar-refractivity contribution in [3.63, 3.8) is 0 Å². The first-order valence-electron chi connectivity index (χ1n) is 9.07. The third-order valence-corrected chi connectivity index (χ3v) is 5.50. The van der Waals surface area contributed by atoms with Crippen molar-refractivity contribution in [1.82, 2.24) is 4.98 Å². The summed E-state index contributed by atoms with van der Waals surface area (Å²) in [5.41, 5.74) is 4.12. The molecule has 2 heterocycles. The van der Waals surface area contributed by atoms with Crippen molar-refractivity contribution in [2.45, 2.75) is 59.0 Å². The molecule has 1 unspecified atom stereocenters. The monoisotopic (exact) mass is 417 g/mol. The van der Waals surface area contributed by atoms with Gasteiger partial charge in [-0.1, -0.05) is 0 Å². The van der Waals surface area contributed by atoms with Crippen LogP contribution in [0.4, 0.5) is 0 Å². The summed E-state index contributed by atoms with van der Waals surface area (Å²) in [6.45, 7) is 5.85. The van der Waals surface area contributed by atoms with Crippen LogP contribution in [-0.4, -0.2) is 16.9 Å². The zero-order valence-electron chi connectivity index (χ0n) is 15.4. The van der Waals surface area contributed by atoms with E-state index < -0.39 is 0 Å². The highest BCUT2D eigenvalue weighted by atomic mass is 79.9. The van der Waals surface area contributed by atoms with Gasteiger partial charge < -0.3 is 9.72 Å². The SMILES string of the molecule is Cc1cc(C)c(CCC(=O)c2cc(Br)c3c(c2)CCCC(C)O3)c(=O)[nH]1. The Balaban J connectivity index is 1.80. The van der Waals surface area contributed by atoms with Gasteiger partial charge in [0.05, 0.1) is 10.6 Å². The Labute approximate surface area is 162 Å². The van der Waals surface area contributed by atoms with Crippen LogP contribution in [0.5, 0.6) is 5.75 Å². The number of aryl methyl sites for hydroxylation is 3. The van der Waals surface area contributed by atoms with Gasteiger partial charge in [-0.05, 0) is 91.7 Å². The summed E-state index contributed by atoms with van der Waals surface area (Å²) in [5.74, 6) is 0.905. The predicted molar refractivity (Wildman–Crippen MR) is 106 cm³/mol. The second kappa shape index (κ2) is 7.78. The Kier molecular flexibility index (Phi) is 5.66. The van der Waals surface area contributed by atoms with E-state index in [1.807, 2.05) is 32.0 Å². The number of benzene rings is 1. The van der Waals surface area contributed by atoms with Crippen molar-refractivity contribution in [3.8, 4) is 5.75 Å². The minimum atomic E-state index is -0.0965. The highest BCUT2D eigenvalue weighted by Crippen LogP contribution is 2.35. The number of pyridine rings is 1. The predicted octanol–water partition coefficient (Wildman–Crippen LogP) is 4.67. The number of hydrogen-bond donors (Lipinski definition) is 1. The highest BCUT2D eigenvalue weighted by Gasteiger charge is 2.20. The first-order chi connectivity index (χ1) is 12.3. The summed E-state index contributed by atoms with van der Waals surface area (Å²) in [7, 11) is 0. The maximum Gasteiger partial charge on any atom is 0.251 e. The molecule has 0 saturated heterocycles. The number of rotatable bonds is 4. The lowest BCUT2D eigenvalue weighted by atomic mass is 9.98. The lowest BCUT2D eigenvalue weighted by Gasteiger charge is -2.15. The number of fused-ring (bicyclic) bond motifs is 1. The van der Waals surface area contributed by atoms with E-state index in [9.17, 15) is 9.59 Å². The third kappa shape index (κ3) is 4.09. The van der Waals surface area contributed by atoms with Gasteiger partial charge in [0, 0.05) is 23.2 Å². The first-order valence-corrected chi connectivity index (χ1v) is 9.86. The maximum atomic E-state index is 12.7. The van der Waals surface area contributed by atoms with Crippen LogP contribution in [0.25, 0.3) is 0 Å².